The number of nitrogens with zero attached hydrogens (tertiary/aromatic N) is 3. The Hall–Kier alpha value is -2.81. The molecule has 7 nitrogen and oxygen atoms in total. The molecule has 5 rings (SSSR count). The van der Waals surface area contributed by atoms with Gasteiger partial charge in [0.2, 0.25) is 5.95 Å². The van der Waals surface area contributed by atoms with Crippen LogP contribution in [0.25, 0.3) is 0 Å². The van der Waals surface area contributed by atoms with Crippen molar-refractivity contribution >= 4 is 47.2 Å². The normalized spacial score (nSPS) is 18.2. The van der Waals surface area contributed by atoms with Crippen LogP contribution in [0.4, 0.5) is 36.3 Å². The highest BCUT2D eigenvalue weighted by atomic mass is 35.5. The van der Waals surface area contributed by atoms with Gasteiger partial charge in [0.25, 0.3) is 0 Å². The minimum atomic E-state index is -4.86. The maximum absolute atomic E-state index is 12.9. The number of likely N-dealkylation sites (tertiary alicyclic amines) is 1. The second kappa shape index (κ2) is 11.6. The summed E-state index contributed by atoms with van der Waals surface area (Å²) in [5.74, 6) is 0.0646. The Kier molecular flexibility index (Phi) is 8.32. The van der Waals surface area contributed by atoms with Crippen molar-refractivity contribution in [2.45, 2.75) is 50.9 Å². The molecule has 0 amide bonds. The van der Waals surface area contributed by atoms with Gasteiger partial charge in [0.1, 0.15) is 17.9 Å². The standard InChI is InChI=1S/C28H32ClF3N5O2P/c1-40(2,38)25-16-22(39-28(30,31)32)11-12-24(25)35-26-23(29)17-33-27(36-26)34-20-8-5-18-6-9-21(10-7-19(18)15-20)37-13-3-4-14-37/h5,8,11-12,15-17,21H,3-4,6-7,9-10,13-14H2,1-2H3,(H2,33,34,35,36)/t21-/m0/s1. The number of rotatable bonds is 7. The molecule has 12 heteroatoms. The lowest BCUT2D eigenvalue weighted by Crippen LogP contribution is -2.32. The van der Waals surface area contributed by atoms with Crippen LogP contribution in [-0.4, -0.2) is 53.7 Å². The number of fused-ring (bicyclic) bond motifs is 1. The van der Waals surface area contributed by atoms with Crippen LogP contribution in [0.3, 0.4) is 0 Å². The van der Waals surface area contributed by atoms with Crippen LogP contribution in [0.1, 0.15) is 36.8 Å². The molecule has 2 heterocycles. The molecule has 3 aromatic rings. The summed E-state index contributed by atoms with van der Waals surface area (Å²) in [4.78, 5) is 11.4. The van der Waals surface area contributed by atoms with Crippen LogP contribution in [0, 0.1) is 0 Å². The third-order valence-electron chi connectivity index (χ3n) is 7.39. The third-order valence-corrected chi connectivity index (χ3v) is 9.20. The molecule has 0 radical (unpaired) electrons. The molecule has 1 aliphatic carbocycles. The lowest BCUT2D eigenvalue weighted by Gasteiger charge is -2.25. The van der Waals surface area contributed by atoms with Crippen molar-refractivity contribution < 1.29 is 22.5 Å². The van der Waals surface area contributed by atoms with E-state index in [9.17, 15) is 17.7 Å². The SMILES string of the molecule is CP(C)(=O)c1cc(OC(F)(F)F)ccc1Nc1nc(Nc2ccc3c(c2)CC[C@@H](N2CCCC2)CC3)ncc1Cl. The van der Waals surface area contributed by atoms with Gasteiger partial charge < -0.3 is 24.8 Å². The Labute approximate surface area is 236 Å². The van der Waals surface area contributed by atoms with Crippen molar-refractivity contribution in [3.8, 4) is 5.75 Å². The first kappa shape index (κ1) is 28.7. The van der Waals surface area contributed by atoms with Crippen LogP contribution >= 0.6 is 18.7 Å². The zero-order valence-electron chi connectivity index (χ0n) is 22.4. The van der Waals surface area contributed by atoms with E-state index < -0.39 is 19.3 Å². The summed E-state index contributed by atoms with van der Waals surface area (Å²) in [7, 11) is -3.01. The molecule has 1 saturated heterocycles. The van der Waals surface area contributed by atoms with E-state index in [1.54, 1.807) is 0 Å². The van der Waals surface area contributed by atoms with Gasteiger partial charge in [0, 0.05) is 17.0 Å². The second-order valence-electron chi connectivity index (χ2n) is 10.7. The van der Waals surface area contributed by atoms with Crippen molar-refractivity contribution in [1.82, 2.24) is 14.9 Å². The van der Waals surface area contributed by atoms with Gasteiger partial charge in [-0.15, -0.1) is 13.2 Å². The highest BCUT2D eigenvalue weighted by Gasteiger charge is 2.32. The van der Waals surface area contributed by atoms with E-state index in [0.29, 0.717) is 17.7 Å². The van der Waals surface area contributed by atoms with Gasteiger partial charge in [-0.05, 0) is 106 Å². The van der Waals surface area contributed by atoms with Crippen LogP contribution in [0.2, 0.25) is 5.02 Å². The van der Waals surface area contributed by atoms with Crippen LogP contribution < -0.4 is 20.7 Å². The van der Waals surface area contributed by atoms with Gasteiger partial charge in [-0.1, -0.05) is 17.7 Å². The molecule has 0 bridgehead atoms. The summed E-state index contributed by atoms with van der Waals surface area (Å²) in [6.45, 7) is 5.34. The summed E-state index contributed by atoms with van der Waals surface area (Å²) in [6.07, 6.45) is 3.58. The molecular weight excluding hydrogens is 562 g/mol. The number of anilines is 4. The van der Waals surface area contributed by atoms with Gasteiger partial charge in [-0.2, -0.15) is 4.98 Å². The van der Waals surface area contributed by atoms with Gasteiger partial charge in [-0.3, -0.25) is 0 Å². The van der Waals surface area contributed by atoms with Crippen LogP contribution in [0.15, 0.2) is 42.6 Å². The monoisotopic (exact) mass is 593 g/mol. The lowest BCUT2D eigenvalue weighted by atomic mass is 10.0. The minimum absolute atomic E-state index is 0.177. The van der Waals surface area contributed by atoms with E-state index in [2.05, 4.69) is 42.4 Å². The summed E-state index contributed by atoms with van der Waals surface area (Å²) in [6, 6.07) is 10.6. The fourth-order valence-electron chi connectivity index (χ4n) is 5.47. The molecule has 40 heavy (non-hydrogen) atoms. The van der Waals surface area contributed by atoms with E-state index in [0.717, 1.165) is 37.1 Å². The largest absolute Gasteiger partial charge is 0.573 e. The molecular formula is C28H32ClF3N5O2P. The van der Waals surface area contributed by atoms with Crippen molar-refractivity contribution in [1.29, 1.82) is 0 Å². The Morgan fingerprint density at radius 1 is 1.02 bits per heavy atom. The maximum atomic E-state index is 12.9. The molecule has 1 fully saturated rings. The predicted molar refractivity (Wildman–Crippen MR) is 153 cm³/mol. The number of halogens is 4. The molecule has 2 N–H and O–H groups in total. The summed E-state index contributed by atoms with van der Waals surface area (Å²) in [5, 5.41) is 6.63. The number of nitrogens with one attached hydrogen (secondary N) is 2. The molecule has 0 spiro atoms. The Bertz CT molecular complexity index is 1430. The number of hydrogen-bond acceptors (Lipinski definition) is 7. The Morgan fingerprint density at radius 2 is 1.75 bits per heavy atom. The maximum Gasteiger partial charge on any atom is 0.573 e. The number of alkyl halides is 3. The zero-order chi connectivity index (χ0) is 28.5. The molecule has 0 unspecified atom stereocenters. The number of hydrogen-bond donors (Lipinski definition) is 2. The van der Waals surface area contributed by atoms with Crippen molar-refractivity contribution in [2.75, 3.05) is 37.1 Å². The highest BCUT2D eigenvalue weighted by Crippen LogP contribution is 2.41. The minimum Gasteiger partial charge on any atom is -0.406 e. The zero-order valence-corrected chi connectivity index (χ0v) is 24.0. The third kappa shape index (κ3) is 7.09. The van der Waals surface area contributed by atoms with Gasteiger partial charge >= 0.3 is 6.36 Å². The quantitative estimate of drug-likeness (QED) is 0.223. The van der Waals surface area contributed by atoms with Crippen LogP contribution in [0.5, 0.6) is 5.75 Å². The van der Waals surface area contributed by atoms with E-state index in [1.807, 2.05) is 6.07 Å². The predicted octanol–water partition coefficient (Wildman–Crippen LogP) is 7.11. The van der Waals surface area contributed by atoms with Gasteiger partial charge in [0.05, 0.1) is 11.9 Å². The number of benzene rings is 2. The summed E-state index contributed by atoms with van der Waals surface area (Å²) >= 11 is 6.35. The van der Waals surface area contributed by atoms with Crippen LogP contribution in [-0.2, 0) is 17.4 Å². The first-order valence-electron chi connectivity index (χ1n) is 13.3. The Morgan fingerprint density at radius 3 is 2.45 bits per heavy atom. The first-order chi connectivity index (χ1) is 18.9. The van der Waals surface area contributed by atoms with Crippen molar-refractivity contribution in [2.24, 2.45) is 0 Å². The summed E-state index contributed by atoms with van der Waals surface area (Å²) in [5.41, 5.74) is 3.87. The molecule has 1 aliphatic heterocycles. The fourth-order valence-corrected chi connectivity index (χ4v) is 6.76. The smallest absolute Gasteiger partial charge is 0.406 e. The van der Waals surface area contributed by atoms with Crippen molar-refractivity contribution in [3.05, 3.63) is 58.7 Å². The molecule has 2 aliphatic rings. The lowest BCUT2D eigenvalue weighted by molar-refractivity contribution is -0.274. The number of aryl methyl sites for hydroxylation is 2. The average Bonchev–Trinajstić information content (AvgIpc) is 3.33. The van der Waals surface area contributed by atoms with E-state index >= 15 is 0 Å². The van der Waals surface area contributed by atoms with E-state index in [1.165, 1.54) is 69.1 Å². The molecule has 2 aromatic carbocycles. The topological polar surface area (TPSA) is 79.4 Å². The average molecular weight is 594 g/mol. The van der Waals surface area contributed by atoms with E-state index in [-0.39, 0.29) is 16.1 Å². The highest BCUT2D eigenvalue weighted by molar-refractivity contribution is 7.70. The molecule has 0 saturated carbocycles. The van der Waals surface area contributed by atoms with E-state index in [4.69, 9.17) is 11.6 Å². The second-order valence-corrected chi connectivity index (χ2v) is 14.3. The first-order valence-corrected chi connectivity index (χ1v) is 16.3. The molecule has 1 aromatic heterocycles. The van der Waals surface area contributed by atoms with Crippen molar-refractivity contribution in [3.63, 3.8) is 0 Å². The number of aromatic nitrogens is 2. The van der Waals surface area contributed by atoms with Gasteiger partial charge in [-0.25, -0.2) is 4.98 Å². The Balaban J connectivity index is 1.33. The van der Waals surface area contributed by atoms with Gasteiger partial charge in [0.15, 0.2) is 5.82 Å². The molecule has 1 atom stereocenters. The molecule has 214 valence electrons. The summed E-state index contributed by atoms with van der Waals surface area (Å²) < 4.78 is 55.1. The number of ether oxygens (including phenoxy) is 1. The fraction of sp³-hybridized carbons (Fsp3) is 0.429.